The summed E-state index contributed by atoms with van der Waals surface area (Å²) in [6.07, 6.45) is -1.45. The second-order valence-electron chi connectivity index (χ2n) is 7.88. The smallest absolute Gasteiger partial charge is 0.416 e. The van der Waals surface area contributed by atoms with Gasteiger partial charge in [0, 0.05) is 25.7 Å². The van der Waals surface area contributed by atoms with Crippen LogP contribution >= 0.6 is 0 Å². The number of alkyl halides is 3. The highest BCUT2D eigenvalue weighted by Crippen LogP contribution is 2.43. The first-order chi connectivity index (χ1) is 13.1. The van der Waals surface area contributed by atoms with Gasteiger partial charge in [0.1, 0.15) is 5.41 Å². The lowest BCUT2D eigenvalue weighted by Crippen LogP contribution is -2.55. The summed E-state index contributed by atoms with van der Waals surface area (Å²) in [4.78, 5) is 27.8. The Balaban J connectivity index is 1.56. The molecule has 1 saturated carbocycles. The monoisotopic (exact) mass is 398 g/mol. The summed E-state index contributed by atoms with van der Waals surface area (Å²) >= 11 is 0. The summed E-state index contributed by atoms with van der Waals surface area (Å²) in [5.41, 5.74) is -1.30. The zero-order valence-corrected chi connectivity index (χ0v) is 15.8. The number of hydrogen-bond acceptors (Lipinski definition) is 3. The fourth-order valence-electron chi connectivity index (χ4n) is 4.13. The van der Waals surface area contributed by atoms with E-state index in [1.807, 2.05) is 11.9 Å². The fraction of sp³-hybridized carbons (Fsp3) is 0.600. The third kappa shape index (κ3) is 4.01. The Kier molecular flexibility index (Phi) is 5.70. The highest BCUT2D eigenvalue weighted by atomic mass is 19.4. The van der Waals surface area contributed by atoms with E-state index in [1.54, 1.807) is 11.0 Å². The van der Waals surface area contributed by atoms with Crippen LogP contribution < -0.4 is 0 Å². The Labute approximate surface area is 162 Å². The molecule has 0 aromatic heterocycles. The van der Waals surface area contributed by atoms with E-state index in [0.29, 0.717) is 50.9 Å². The van der Waals surface area contributed by atoms with Crippen LogP contribution in [-0.2, 0) is 22.3 Å². The molecule has 28 heavy (non-hydrogen) atoms. The van der Waals surface area contributed by atoms with Crippen molar-refractivity contribution in [2.75, 3.05) is 20.1 Å². The molecule has 1 aromatic rings. The molecule has 1 aliphatic carbocycles. The first kappa shape index (κ1) is 20.6. The van der Waals surface area contributed by atoms with Crippen molar-refractivity contribution in [1.82, 2.24) is 9.80 Å². The molecule has 1 N–H and O–H groups in total. The number of aliphatic carboxylic acids is 1. The number of carboxylic acid groups (broad SMARTS) is 1. The number of rotatable bonds is 5. The van der Waals surface area contributed by atoms with Crippen LogP contribution in [0.15, 0.2) is 24.3 Å². The van der Waals surface area contributed by atoms with Crippen LogP contribution in [0.1, 0.15) is 43.2 Å². The van der Waals surface area contributed by atoms with E-state index in [-0.39, 0.29) is 11.9 Å². The predicted molar refractivity (Wildman–Crippen MR) is 96.4 cm³/mol. The summed E-state index contributed by atoms with van der Waals surface area (Å²) in [6, 6.07) is 5.46. The van der Waals surface area contributed by atoms with Crippen molar-refractivity contribution in [3.05, 3.63) is 35.4 Å². The molecule has 0 unspecified atom stereocenters. The molecular weight excluding hydrogens is 373 g/mol. The molecule has 0 spiro atoms. The molecule has 1 saturated heterocycles. The minimum Gasteiger partial charge on any atom is -0.480 e. The summed E-state index contributed by atoms with van der Waals surface area (Å²) in [5.74, 6) is -1.32. The highest BCUT2D eigenvalue weighted by molar-refractivity contribution is 6.02. The van der Waals surface area contributed by atoms with Crippen molar-refractivity contribution in [3.8, 4) is 0 Å². The minimum atomic E-state index is -4.36. The van der Waals surface area contributed by atoms with Crippen molar-refractivity contribution >= 4 is 11.9 Å². The Morgan fingerprint density at radius 3 is 2.39 bits per heavy atom. The number of amides is 1. The number of carbonyl (C=O) groups is 2. The van der Waals surface area contributed by atoms with Gasteiger partial charge in [-0.3, -0.25) is 14.5 Å². The molecule has 2 fully saturated rings. The zero-order valence-electron chi connectivity index (χ0n) is 15.8. The number of halogens is 3. The van der Waals surface area contributed by atoms with E-state index >= 15 is 0 Å². The maximum atomic E-state index is 12.9. The third-order valence-corrected chi connectivity index (χ3v) is 6.09. The number of benzene rings is 1. The van der Waals surface area contributed by atoms with Gasteiger partial charge in [0.2, 0.25) is 5.91 Å². The second kappa shape index (κ2) is 7.73. The lowest BCUT2D eigenvalue weighted by molar-refractivity contribution is -0.168. The quantitative estimate of drug-likeness (QED) is 0.773. The molecule has 1 aliphatic heterocycles. The zero-order chi connectivity index (χ0) is 20.5. The minimum absolute atomic E-state index is 0.140. The topological polar surface area (TPSA) is 60.9 Å². The maximum Gasteiger partial charge on any atom is 0.416 e. The van der Waals surface area contributed by atoms with Gasteiger partial charge in [-0.05, 0) is 44.4 Å². The second-order valence-corrected chi connectivity index (χ2v) is 7.88. The SMILES string of the molecule is CN(Cc1cccc(C(F)(F)F)c1)C1CCN(C(=O)C2(C(=O)O)CCC2)CC1. The number of carbonyl (C=O) groups excluding carboxylic acids is 1. The standard InChI is InChI=1S/C20H25F3N2O3/c1-24(13-14-4-2-5-15(12-14)20(21,22)23)16-6-10-25(11-7-16)17(26)19(18(27)28)8-3-9-19/h2,4-5,12,16H,3,6-11,13H2,1H3,(H,27,28). The molecule has 0 radical (unpaired) electrons. The van der Waals surface area contributed by atoms with E-state index in [9.17, 15) is 27.9 Å². The predicted octanol–water partition coefficient (Wildman–Crippen LogP) is 3.38. The summed E-state index contributed by atoms with van der Waals surface area (Å²) in [6.45, 7) is 1.35. The molecule has 1 amide bonds. The van der Waals surface area contributed by atoms with E-state index in [4.69, 9.17) is 0 Å². The number of likely N-dealkylation sites (tertiary alicyclic amines) is 1. The normalized spacial score (nSPS) is 20.1. The largest absolute Gasteiger partial charge is 0.480 e. The Hall–Kier alpha value is -2.09. The number of hydrogen-bond donors (Lipinski definition) is 1. The summed E-state index contributed by atoms with van der Waals surface area (Å²) < 4.78 is 38.6. The maximum absolute atomic E-state index is 12.9. The average molecular weight is 398 g/mol. The van der Waals surface area contributed by atoms with Crippen LogP contribution in [-0.4, -0.2) is 53.0 Å². The van der Waals surface area contributed by atoms with Gasteiger partial charge >= 0.3 is 12.1 Å². The van der Waals surface area contributed by atoms with Crippen LogP contribution in [0.4, 0.5) is 13.2 Å². The van der Waals surface area contributed by atoms with Gasteiger partial charge in [0.05, 0.1) is 5.56 Å². The highest BCUT2D eigenvalue weighted by Gasteiger charge is 2.53. The van der Waals surface area contributed by atoms with E-state index in [0.717, 1.165) is 12.5 Å². The Morgan fingerprint density at radius 2 is 1.89 bits per heavy atom. The molecule has 0 atom stereocenters. The van der Waals surface area contributed by atoms with E-state index in [1.165, 1.54) is 12.1 Å². The van der Waals surface area contributed by atoms with Gasteiger partial charge in [-0.2, -0.15) is 13.2 Å². The lowest BCUT2D eigenvalue weighted by atomic mass is 9.67. The molecule has 154 valence electrons. The first-order valence-corrected chi connectivity index (χ1v) is 9.53. The van der Waals surface area contributed by atoms with Crippen molar-refractivity contribution in [1.29, 1.82) is 0 Å². The third-order valence-electron chi connectivity index (χ3n) is 6.09. The molecule has 3 rings (SSSR count). The fourth-order valence-corrected chi connectivity index (χ4v) is 4.13. The summed E-state index contributed by atoms with van der Waals surface area (Å²) in [5, 5.41) is 9.43. The molecule has 1 heterocycles. The van der Waals surface area contributed by atoms with Gasteiger partial charge in [-0.15, -0.1) is 0 Å². The van der Waals surface area contributed by atoms with E-state index in [2.05, 4.69) is 0 Å². The lowest BCUT2D eigenvalue weighted by Gasteiger charge is -2.43. The van der Waals surface area contributed by atoms with E-state index < -0.39 is 23.1 Å². The van der Waals surface area contributed by atoms with Gasteiger partial charge < -0.3 is 10.0 Å². The number of piperidine rings is 1. The van der Waals surface area contributed by atoms with Gasteiger partial charge in [0.15, 0.2) is 0 Å². The molecule has 5 nitrogen and oxygen atoms in total. The van der Waals surface area contributed by atoms with Crippen molar-refractivity contribution in [2.24, 2.45) is 5.41 Å². The number of carboxylic acids is 1. The van der Waals surface area contributed by atoms with Crippen LogP contribution in [0, 0.1) is 5.41 Å². The van der Waals surface area contributed by atoms with Crippen LogP contribution in [0.5, 0.6) is 0 Å². The van der Waals surface area contributed by atoms with Gasteiger partial charge in [-0.25, -0.2) is 0 Å². The van der Waals surface area contributed by atoms with Crippen LogP contribution in [0.3, 0.4) is 0 Å². The van der Waals surface area contributed by atoms with Crippen molar-refractivity contribution in [2.45, 2.75) is 50.9 Å². The molecule has 8 heteroatoms. The molecule has 0 bridgehead atoms. The van der Waals surface area contributed by atoms with Crippen LogP contribution in [0.2, 0.25) is 0 Å². The van der Waals surface area contributed by atoms with Gasteiger partial charge in [0.25, 0.3) is 0 Å². The molecular formula is C20H25F3N2O3. The van der Waals surface area contributed by atoms with Crippen molar-refractivity contribution < 1.29 is 27.9 Å². The van der Waals surface area contributed by atoms with Crippen LogP contribution in [0.25, 0.3) is 0 Å². The Morgan fingerprint density at radius 1 is 1.25 bits per heavy atom. The summed E-state index contributed by atoms with van der Waals surface area (Å²) in [7, 11) is 1.87. The molecule has 1 aromatic carbocycles. The Bertz CT molecular complexity index is 738. The number of nitrogens with zero attached hydrogens (tertiary/aromatic N) is 2. The van der Waals surface area contributed by atoms with Gasteiger partial charge in [-0.1, -0.05) is 24.6 Å². The molecule has 2 aliphatic rings. The average Bonchev–Trinajstić information content (AvgIpc) is 2.60. The first-order valence-electron chi connectivity index (χ1n) is 9.53. The van der Waals surface area contributed by atoms with Crippen molar-refractivity contribution in [3.63, 3.8) is 0 Å².